The molecule has 4 aromatic rings. The van der Waals surface area contributed by atoms with Gasteiger partial charge in [0, 0.05) is 56.3 Å². The number of aryl methyl sites for hydroxylation is 1. The maximum Gasteiger partial charge on any atom is 0.255 e. The summed E-state index contributed by atoms with van der Waals surface area (Å²) < 4.78 is 33.7. The Labute approximate surface area is 249 Å². The van der Waals surface area contributed by atoms with Crippen LogP contribution in [0.5, 0.6) is 0 Å². The molecule has 226 valence electrons. The molecule has 2 atom stereocenters. The number of fused-ring (bicyclic) bond motifs is 2. The van der Waals surface area contributed by atoms with Gasteiger partial charge in [-0.05, 0) is 68.6 Å². The largest absolute Gasteiger partial charge is 0.343 e. The Hall–Kier alpha value is -3.79. The first-order chi connectivity index (χ1) is 20.7. The average molecular weight is 589 g/mol. The zero-order chi connectivity index (χ0) is 30.0. The van der Waals surface area contributed by atoms with Gasteiger partial charge in [0.05, 0.1) is 23.3 Å². The van der Waals surface area contributed by atoms with E-state index < -0.39 is 23.9 Å². The number of carbonyl (C=O) groups is 2. The molecule has 0 spiro atoms. The van der Waals surface area contributed by atoms with Gasteiger partial charge in [0.15, 0.2) is 0 Å². The Balaban J connectivity index is 1.30. The van der Waals surface area contributed by atoms with Crippen molar-refractivity contribution in [2.45, 2.75) is 70.6 Å². The number of aromatic nitrogens is 3. The summed E-state index contributed by atoms with van der Waals surface area (Å²) in [6.07, 6.45) is 4.77. The van der Waals surface area contributed by atoms with E-state index >= 15 is 4.39 Å². The van der Waals surface area contributed by atoms with Gasteiger partial charge in [-0.15, -0.1) is 0 Å². The Morgan fingerprint density at radius 1 is 1.05 bits per heavy atom. The lowest BCUT2D eigenvalue weighted by Crippen LogP contribution is -2.50. The van der Waals surface area contributed by atoms with Gasteiger partial charge in [-0.2, -0.15) is 5.10 Å². The summed E-state index contributed by atoms with van der Waals surface area (Å²) in [6, 6.07) is 9.38. The Morgan fingerprint density at radius 3 is 2.51 bits per heavy atom. The number of amides is 2. The van der Waals surface area contributed by atoms with Crippen molar-refractivity contribution in [2.24, 2.45) is 11.7 Å². The van der Waals surface area contributed by atoms with Gasteiger partial charge < -0.3 is 20.1 Å². The van der Waals surface area contributed by atoms with Crippen LogP contribution in [0.15, 0.2) is 36.5 Å². The Bertz CT molecular complexity index is 1720. The fraction of sp³-hybridized carbons (Fsp3) is 0.485. The van der Waals surface area contributed by atoms with E-state index in [1.165, 1.54) is 39.4 Å². The van der Waals surface area contributed by atoms with Crippen molar-refractivity contribution >= 4 is 28.2 Å². The number of likely N-dealkylation sites (tertiary alicyclic amines) is 2. The maximum atomic E-state index is 15.7. The monoisotopic (exact) mass is 588 g/mol. The second-order valence-corrected chi connectivity index (χ2v) is 12.8. The van der Waals surface area contributed by atoms with Crippen LogP contribution in [-0.4, -0.2) is 74.2 Å². The minimum atomic E-state index is -1.19. The average Bonchev–Trinajstić information content (AvgIpc) is 3.64. The number of hydrogen-bond donors (Lipinski definition) is 1. The number of nitrogens with zero attached hydrogens (tertiary/aromatic N) is 5. The molecule has 3 aliphatic rings. The molecular weight excluding hydrogens is 550 g/mol. The van der Waals surface area contributed by atoms with Crippen molar-refractivity contribution in [3.63, 3.8) is 0 Å². The molecule has 43 heavy (non-hydrogen) atoms. The number of halogens is 2. The van der Waals surface area contributed by atoms with Crippen LogP contribution < -0.4 is 5.73 Å². The van der Waals surface area contributed by atoms with Crippen LogP contribution in [0.4, 0.5) is 8.78 Å². The lowest BCUT2D eigenvalue weighted by atomic mass is 9.88. The summed E-state index contributed by atoms with van der Waals surface area (Å²) in [7, 11) is 0. The molecule has 7 rings (SSSR count). The lowest BCUT2D eigenvalue weighted by molar-refractivity contribution is -0.129. The number of nitrogens with two attached hydrogens (primary N) is 1. The molecular formula is C33H38F2N6O2. The molecule has 8 nitrogen and oxygen atoms in total. The molecule has 1 aliphatic carbocycles. The third-order valence-corrected chi connectivity index (χ3v) is 9.59. The molecule has 0 bridgehead atoms. The van der Waals surface area contributed by atoms with Gasteiger partial charge in [-0.3, -0.25) is 9.59 Å². The summed E-state index contributed by atoms with van der Waals surface area (Å²) in [5.74, 6) is 0.0803. The minimum absolute atomic E-state index is 0.0487. The van der Waals surface area contributed by atoms with Crippen molar-refractivity contribution in [1.82, 2.24) is 24.0 Å². The number of pyridine rings is 1. The first kappa shape index (κ1) is 28.0. The third-order valence-electron chi connectivity index (χ3n) is 9.59. The van der Waals surface area contributed by atoms with Crippen molar-refractivity contribution < 1.29 is 18.4 Å². The molecule has 0 unspecified atom stereocenters. The molecule has 2 amide bonds. The van der Waals surface area contributed by atoms with Crippen LogP contribution >= 0.6 is 0 Å². The third kappa shape index (κ3) is 5.09. The van der Waals surface area contributed by atoms with Gasteiger partial charge in [-0.1, -0.05) is 18.2 Å². The van der Waals surface area contributed by atoms with Crippen LogP contribution in [0.1, 0.15) is 66.4 Å². The highest BCUT2D eigenvalue weighted by molar-refractivity contribution is 5.95. The smallest absolute Gasteiger partial charge is 0.255 e. The quantitative estimate of drug-likeness (QED) is 0.354. The van der Waals surface area contributed by atoms with E-state index in [0.29, 0.717) is 28.6 Å². The molecule has 1 aromatic carbocycles. The summed E-state index contributed by atoms with van der Waals surface area (Å²) in [4.78, 5) is 28.5. The highest BCUT2D eigenvalue weighted by Gasteiger charge is 2.31. The molecule has 2 aliphatic heterocycles. The summed E-state index contributed by atoms with van der Waals surface area (Å²) >= 11 is 0. The highest BCUT2D eigenvalue weighted by Crippen LogP contribution is 2.41. The molecule has 10 heteroatoms. The number of piperidine rings is 2. The van der Waals surface area contributed by atoms with E-state index in [-0.39, 0.29) is 31.0 Å². The van der Waals surface area contributed by atoms with E-state index in [1.807, 2.05) is 11.8 Å². The van der Waals surface area contributed by atoms with Crippen LogP contribution in [0, 0.1) is 18.7 Å². The van der Waals surface area contributed by atoms with Gasteiger partial charge in [0.1, 0.15) is 23.2 Å². The predicted molar refractivity (Wildman–Crippen MR) is 161 cm³/mol. The molecule has 1 saturated carbocycles. The van der Waals surface area contributed by atoms with Crippen molar-refractivity contribution in [3.05, 3.63) is 59.0 Å². The minimum Gasteiger partial charge on any atom is -0.343 e. The number of alkyl halides is 1. The van der Waals surface area contributed by atoms with E-state index in [4.69, 9.17) is 10.8 Å². The SMILES string of the molecule is CC(=O)N1CCC(c2cccc3cc(-c4nn5cc(C(=O)N6C[C@H](N)C[C@@H](F)C6)cc(F)c5c4C)n(CC4CC4)c23)CC1. The molecule has 5 heterocycles. The molecule has 3 aromatic heterocycles. The predicted octanol–water partition coefficient (Wildman–Crippen LogP) is 5.05. The second kappa shape index (κ2) is 10.7. The zero-order valence-electron chi connectivity index (χ0n) is 24.7. The first-order valence-corrected chi connectivity index (χ1v) is 15.4. The van der Waals surface area contributed by atoms with Crippen molar-refractivity contribution in [3.8, 4) is 11.4 Å². The normalized spacial score (nSPS) is 21.7. The Morgan fingerprint density at radius 2 is 1.81 bits per heavy atom. The van der Waals surface area contributed by atoms with Crippen LogP contribution in [-0.2, 0) is 11.3 Å². The molecule has 2 N–H and O–H groups in total. The van der Waals surface area contributed by atoms with E-state index in [9.17, 15) is 14.0 Å². The fourth-order valence-electron chi connectivity index (χ4n) is 7.19. The standard InChI is InChI=1S/C33H38F2N6O2/c1-19-30(37-41-16-24(12-28(35)31(19)41)33(43)39-17-25(34)14-26(36)18-39)29-13-23-4-3-5-27(32(23)40(29)15-21-6-7-21)22-8-10-38(11-9-22)20(2)42/h3-5,12-13,16,21-22,25-26H,6-11,14-15,17-18,36H2,1-2H3/t25-,26-/m1/s1. The number of benzene rings is 1. The molecule has 2 saturated heterocycles. The van der Waals surface area contributed by atoms with Gasteiger partial charge in [0.25, 0.3) is 5.91 Å². The topological polar surface area (TPSA) is 88.9 Å². The van der Waals surface area contributed by atoms with E-state index in [0.717, 1.165) is 43.6 Å². The number of carbonyl (C=O) groups excluding carboxylic acids is 2. The fourth-order valence-corrected chi connectivity index (χ4v) is 7.19. The van der Waals surface area contributed by atoms with Gasteiger partial charge in [0.2, 0.25) is 5.91 Å². The van der Waals surface area contributed by atoms with Crippen LogP contribution in [0.2, 0.25) is 0 Å². The van der Waals surface area contributed by atoms with Crippen molar-refractivity contribution in [2.75, 3.05) is 26.2 Å². The first-order valence-electron chi connectivity index (χ1n) is 15.4. The Kier molecular flexibility index (Phi) is 6.99. The highest BCUT2D eigenvalue weighted by atomic mass is 19.1. The summed E-state index contributed by atoms with van der Waals surface area (Å²) in [5, 5.41) is 5.98. The van der Waals surface area contributed by atoms with Gasteiger partial charge in [-0.25, -0.2) is 13.3 Å². The van der Waals surface area contributed by atoms with Gasteiger partial charge >= 0.3 is 0 Å². The summed E-state index contributed by atoms with van der Waals surface area (Å²) in [6.45, 7) is 6.07. The zero-order valence-corrected chi connectivity index (χ0v) is 24.7. The summed E-state index contributed by atoms with van der Waals surface area (Å²) in [5.41, 5.74) is 11.2. The van der Waals surface area contributed by atoms with E-state index in [2.05, 4.69) is 28.8 Å². The van der Waals surface area contributed by atoms with Crippen LogP contribution in [0.25, 0.3) is 27.8 Å². The molecule has 0 radical (unpaired) electrons. The maximum absolute atomic E-state index is 15.7. The molecule has 3 fully saturated rings. The number of para-hydroxylation sites is 1. The second-order valence-electron chi connectivity index (χ2n) is 12.8. The van der Waals surface area contributed by atoms with Crippen molar-refractivity contribution in [1.29, 1.82) is 0 Å². The lowest BCUT2D eigenvalue weighted by Gasteiger charge is -2.32. The van der Waals surface area contributed by atoms with E-state index in [1.54, 1.807) is 13.1 Å². The number of hydrogen-bond acceptors (Lipinski definition) is 4. The number of rotatable bonds is 5. The van der Waals surface area contributed by atoms with Crippen LogP contribution in [0.3, 0.4) is 0 Å².